The molecule has 22 aromatic rings. The van der Waals surface area contributed by atoms with Gasteiger partial charge in [0.15, 0.2) is 0 Å². The molecule has 0 saturated carbocycles. The number of nitrogens with zero attached hydrogens (tertiary/aromatic N) is 2. The van der Waals surface area contributed by atoms with Gasteiger partial charge in [0.2, 0.25) is 0 Å². The molecule has 18 aromatic carbocycles. The van der Waals surface area contributed by atoms with Gasteiger partial charge in [-0.25, -0.2) is 0 Å². The highest BCUT2D eigenvalue weighted by molar-refractivity contribution is 6.24. The van der Waals surface area contributed by atoms with E-state index in [1.54, 1.807) is 0 Å². The van der Waals surface area contributed by atoms with Gasteiger partial charge in [-0.15, -0.1) is 0 Å². The van der Waals surface area contributed by atoms with Gasteiger partial charge in [-0.05, 0) is 249 Å². The van der Waals surface area contributed by atoms with Crippen LogP contribution in [0, 0.1) is 13.8 Å². The Hall–Kier alpha value is -13.8. The summed E-state index contributed by atoms with van der Waals surface area (Å²) >= 11 is 0. The first-order chi connectivity index (χ1) is 55.6. The fourth-order valence-corrected chi connectivity index (χ4v) is 18.4. The van der Waals surface area contributed by atoms with E-state index in [9.17, 15) is 0 Å². The van der Waals surface area contributed by atoms with E-state index in [2.05, 4.69) is 416 Å². The molecule has 544 valence electrons. The van der Waals surface area contributed by atoms with E-state index in [-0.39, 0.29) is 10.8 Å². The van der Waals surface area contributed by atoms with Gasteiger partial charge in [0.1, 0.15) is 22.3 Å². The van der Waals surface area contributed by atoms with Crippen LogP contribution in [-0.4, -0.2) is 9.13 Å². The number of hydrogen-bond donors (Lipinski definition) is 0. The summed E-state index contributed by atoms with van der Waals surface area (Å²) in [4.78, 5) is 0. The van der Waals surface area contributed by atoms with Gasteiger partial charge in [0, 0.05) is 65.6 Å². The Morgan fingerprint density at radius 1 is 0.211 bits per heavy atom. The number of para-hydroxylation sites is 2. The predicted octanol–water partition coefficient (Wildman–Crippen LogP) is 31.2. The lowest BCUT2D eigenvalue weighted by Gasteiger charge is -2.21. The van der Waals surface area contributed by atoms with Crippen LogP contribution < -0.4 is 0 Å². The molecule has 0 aliphatic carbocycles. The van der Waals surface area contributed by atoms with Crippen molar-refractivity contribution in [3.8, 4) is 78.1 Å². The highest BCUT2D eigenvalue weighted by atomic mass is 16.3. The molecule has 0 bridgehead atoms. The van der Waals surface area contributed by atoms with Gasteiger partial charge in [0.25, 0.3) is 0 Å². The van der Waals surface area contributed by atoms with E-state index < -0.39 is 0 Å². The molecule has 4 aromatic heterocycles. The van der Waals surface area contributed by atoms with Crippen LogP contribution >= 0.6 is 0 Å². The molecule has 0 N–H and O–H groups in total. The monoisotopic (exact) mass is 1460 g/mol. The largest absolute Gasteiger partial charge is 0.455 e. The van der Waals surface area contributed by atoms with E-state index in [0.29, 0.717) is 0 Å². The highest BCUT2D eigenvalue weighted by Gasteiger charge is 2.26. The first kappa shape index (κ1) is 68.2. The summed E-state index contributed by atoms with van der Waals surface area (Å²) in [5.74, 6) is 0. The molecule has 0 saturated heterocycles. The Bertz CT molecular complexity index is 7550. The van der Waals surface area contributed by atoms with Crippen LogP contribution in [0.4, 0.5) is 0 Å². The van der Waals surface area contributed by atoms with Crippen LogP contribution in [0.2, 0.25) is 0 Å². The Morgan fingerprint density at radius 3 is 0.939 bits per heavy atom. The van der Waals surface area contributed by atoms with E-state index in [1.807, 2.05) is 0 Å². The normalized spacial score (nSPS) is 12.2. The summed E-state index contributed by atoms with van der Waals surface area (Å²) in [7, 11) is 0. The summed E-state index contributed by atoms with van der Waals surface area (Å²) in [6.45, 7) is 18.0. The van der Waals surface area contributed by atoms with Crippen LogP contribution in [0.15, 0.2) is 361 Å². The second-order valence-corrected chi connectivity index (χ2v) is 33.2. The number of aromatic nitrogens is 2. The molecular formula is C110H82N2O2. The SMILES string of the molecule is CC(C)(C)c1ccc2oc3c(-c4ccc5c(c4)c4ccccc4n5-c4ccc(-c5c6ccccc6c(-c6ccccc6)c6ccccc56)cc4)cc(C(C)(C)C)cc3c2c1.Cc1ccc2oc3c(-c4ccc5c(c4)c4ccccc4n5-c4ccc(-c5c6ccccc6c(-c6ccccc6)c6ccccc56)cc4)cc(C)cc3c2c1. The minimum Gasteiger partial charge on any atom is -0.455 e. The van der Waals surface area contributed by atoms with Crippen molar-refractivity contribution in [1.82, 2.24) is 9.13 Å². The zero-order chi connectivity index (χ0) is 76.8. The quantitative estimate of drug-likeness (QED) is 0.142. The third-order valence-electron chi connectivity index (χ3n) is 24.0. The van der Waals surface area contributed by atoms with Crippen LogP contribution in [0.1, 0.15) is 63.8 Å². The standard InChI is InChI=1S/C58H47NO.C52H35NO/c1-57(2,3)39-27-31-53-49(33-39)50-35-40(58(4,5)6)34-47(56(50)60-53)38-26-30-52-48(32-38)42-18-14-15-23-51(42)59(52)41-28-24-37(25-29-41)55-45-21-12-10-19-43(45)54(36-16-8-7-9-17-36)44-20-11-13-22-46(44)55;1-32-20-27-49-45(28-32)46-30-33(2)29-43(52(46)54-49)36-23-26-48-44(31-36)38-14-10-11-19-47(38)53(48)37-24-21-35(22-25-37)51-41-17-8-6-15-39(41)50(34-12-4-3-5-13-34)40-16-7-9-18-42(40)51/h7-35H,1-6H3;3-31H,1-2H3. The molecule has 0 amide bonds. The number of hydrogen-bond acceptors (Lipinski definition) is 2. The topological polar surface area (TPSA) is 36.1 Å². The van der Waals surface area contributed by atoms with Crippen molar-refractivity contribution in [2.45, 2.75) is 66.2 Å². The van der Waals surface area contributed by atoms with E-state index in [1.165, 1.54) is 175 Å². The van der Waals surface area contributed by atoms with Crippen LogP contribution in [-0.2, 0) is 10.8 Å². The van der Waals surface area contributed by atoms with Gasteiger partial charge in [0.05, 0.1) is 22.1 Å². The summed E-state index contributed by atoms with van der Waals surface area (Å²) in [5.41, 5.74) is 30.4. The molecule has 4 nitrogen and oxygen atoms in total. The fourth-order valence-electron chi connectivity index (χ4n) is 18.4. The minimum atomic E-state index is -0.0387. The van der Waals surface area contributed by atoms with Crippen molar-refractivity contribution in [3.63, 3.8) is 0 Å². The summed E-state index contributed by atoms with van der Waals surface area (Å²) in [6, 6.07) is 129. The summed E-state index contributed by atoms with van der Waals surface area (Å²) in [6.07, 6.45) is 0. The zero-order valence-electron chi connectivity index (χ0n) is 65.2. The molecule has 4 heteroatoms. The first-order valence-electron chi connectivity index (χ1n) is 39.8. The summed E-state index contributed by atoms with van der Waals surface area (Å²) < 4.78 is 18.1. The third-order valence-corrected chi connectivity index (χ3v) is 24.0. The molecule has 114 heavy (non-hydrogen) atoms. The van der Waals surface area contributed by atoms with E-state index in [4.69, 9.17) is 8.83 Å². The predicted molar refractivity (Wildman–Crippen MR) is 486 cm³/mol. The lowest BCUT2D eigenvalue weighted by atomic mass is 9.83. The summed E-state index contributed by atoms with van der Waals surface area (Å²) in [5, 5.41) is 19.7. The maximum absolute atomic E-state index is 6.77. The molecule has 0 spiro atoms. The number of benzene rings is 18. The molecule has 0 unspecified atom stereocenters. The third kappa shape index (κ3) is 11.2. The average Bonchev–Trinajstić information content (AvgIpc) is 1.37. The Balaban J connectivity index is 0.000000144. The highest BCUT2D eigenvalue weighted by Crippen LogP contribution is 2.49. The molecular weight excluding hydrogens is 1380 g/mol. The number of furan rings is 2. The second-order valence-electron chi connectivity index (χ2n) is 33.2. The lowest BCUT2D eigenvalue weighted by molar-refractivity contribution is 0.590. The molecule has 22 rings (SSSR count). The first-order valence-corrected chi connectivity index (χ1v) is 39.8. The van der Waals surface area contributed by atoms with E-state index in [0.717, 1.165) is 56.0 Å². The van der Waals surface area contributed by atoms with Gasteiger partial charge in [-0.1, -0.05) is 290 Å². The Kier molecular flexibility index (Phi) is 15.8. The molecule has 0 aliphatic rings. The van der Waals surface area contributed by atoms with E-state index >= 15 is 0 Å². The number of rotatable bonds is 8. The van der Waals surface area contributed by atoms with Crippen molar-refractivity contribution >= 4 is 131 Å². The van der Waals surface area contributed by atoms with Crippen molar-refractivity contribution in [3.05, 3.63) is 374 Å². The van der Waals surface area contributed by atoms with Gasteiger partial charge < -0.3 is 18.0 Å². The zero-order valence-corrected chi connectivity index (χ0v) is 65.2. The fraction of sp³-hybridized carbons (Fsp3) is 0.0909. The average molecular weight is 1460 g/mol. The molecule has 4 heterocycles. The molecule has 0 atom stereocenters. The molecule has 0 radical (unpaired) electrons. The Labute approximate surface area is 662 Å². The lowest BCUT2D eigenvalue weighted by Crippen LogP contribution is -2.11. The van der Waals surface area contributed by atoms with Gasteiger partial charge in [-0.2, -0.15) is 0 Å². The van der Waals surface area contributed by atoms with Crippen LogP contribution in [0.25, 0.3) is 209 Å². The maximum Gasteiger partial charge on any atom is 0.143 e. The second kappa shape index (κ2) is 26.4. The van der Waals surface area contributed by atoms with Crippen molar-refractivity contribution in [1.29, 1.82) is 0 Å². The number of aryl methyl sites for hydroxylation is 2. The van der Waals surface area contributed by atoms with Crippen LogP contribution in [0.5, 0.6) is 0 Å². The smallest absolute Gasteiger partial charge is 0.143 e. The number of fused-ring (bicyclic) bond motifs is 16. The Morgan fingerprint density at radius 2 is 0.526 bits per heavy atom. The molecule has 0 fully saturated rings. The minimum absolute atomic E-state index is 0.0387. The molecule has 0 aliphatic heterocycles. The maximum atomic E-state index is 6.77. The van der Waals surface area contributed by atoms with Gasteiger partial charge in [-0.3, -0.25) is 0 Å². The van der Waals surface area contributed by atoms with Crippen molar-refractivity contribution < 1.29 is 8.83 Å². The van der Waals surface area contributed by atoms with Crippen LogP contribution in [0.3, 0.4) is 0 Å². The van der Waals surface area contributed by atoms with Crippen molar-refractivity contribution in [2.75, 3.05) is 0 Å². The van der Waals surface area contributed by atoms with Crippen molar-refractivity contribution in [2.24, 2.45) is 0 Å². The van der Waals surface area contributed by atoms with Gasteiger partial charge >= 0.3 is 0 Å².